The number of benzene rings is 7. The lowest BCUT2D eigenvalue weighted by Crippen LogP contribution is -1.85. The Morgan fingerprint density at radius 3 is 1.00 bits per heavy atom. The van der Waals surface area contributed by atoms with Crippen LogP contribution >= 0.6 is 0 Å². The van der Waals surface area contributed by atoms with Crippen LogP contribution in [0.3, 0.4) is 0 Å². The van der Waals surface area contributed by atoms with Crippen molar-refractivity contribution >= 4 is 64.6 Å². The van der Waals surface area contributed by atoms with Gasteiger partial charge in [-0.1, -0.05) is 60.7 Å². The average Bonchev–Trinajstić information content (AvgIpc) is 2.81. The van der Waals surface area contributed by atoms with E-state index >= 15 is 0 Å². The van der Waals surface area contributed by atoms with E-state index in [1.54, 1.807) is 12.1 Å². The van der Waals surface area contributed by atoms with Gasteiger partial charge >= 0.3 is 0 Å². The Labute approximate surface area is 182 Å². The third-order valence-corrected chi connectivity index (χ3v) is 6.71. The molecule has 0 heterocycles. The number of hydrogen-bond donors (Lipinski definition) is 0. The second kappa shape index (κ2) is 6.24. The number of fused-ring (bicyclic) bond motifs is 10. The fraction of sp³-hybridized carbons (Fsp3) is 0. The molecule has 0 saturated carbocycles. The van der Waals surface area contributed by atoms with E-state index in [1.165, 1.54) is 22.9 Å². The van der Waals surface area contributed by atoms with Gasteiger partial charge in [0.1, 0.15) is 11.6 Å². The van der Waals surface area contributed by atoms with Crippen molar-refractivity contribution in [1.29, 1.82) is 0 Å². The largest absolute Gasteiger partial charge is 0.207 e. The quantitative estimate of drug-likeness (QED) is 0.172. The van der Waals surface area contributed by atoms with Crippen LogP contribution in [-0.4, -0.2) is 0 Å². The molecule has 2 heteroatoms. The van der Waals surface area contributed by atoms with Gasteiger partial charge in [0.15, 0.2) is 0 Å². The van der Waals surface area contributed by atoms with Crippen LogP contribution in [0, 0.1) is 11.6 Å². The first kappa shape index (κ1) is 17.6. The Morgan fingerprint density at radius 2 is 0.594 bits per heavy atom. The summed E-state index contributed by atoms with van der Waals surface area (Å²) in [5, 5.41) is 13.2. The third kappa shape index (κ3) is 2.41. The summed E-state index contributed by atoms with van der Waals surface area (Å²) in [6.45, 7) is 0. The maximum atomic E-state index is 13.7. The summed E-state index contributed by atoms with van der Waals surface area (Å²) in [5.74, 6) is -0.434. The van der Waals surface area contributed by atoms with Gasteiger partial charge in [0.25, 0.3) is 0 Å². The first-order valence-electron chi connectivity index (χ1n) is 10.7. The molecule has 0 bridgehead atoms. The van der Waals surface area contributed by atoms with Crippen LogP contribution in [0.15, 0.2) is 97.1 Å². The molecule has 0 aliphatic rings. The summed E-state index contributed by atoms with van der Waals surface area (Å²) < 4.78 is 27.4. The molecular weight excluding hydrogens is 398 g/mol. The summed E-state index contributed by atoms with van der Waals surface area (Å²) >= 11 is 0. The summed E-state index contributed by atoms with van der Waals surface area (Å²) in [6, 6.07) is 31.2. The first-order valence-corrected chi connectivity index (χ1v) is 10.7. The molecule has 0 aliphatic heterocycles. The normalized spacial score (nSPS) is 12.1. The molecule has 0 aliphatic carbocycles. The van der Waals surface area contributed by atoms with Crippen molar-refractivity contribution in [1.82, 2.24) is 0 Å². The van der Waals surface area contributed by atoms with Gasteiger partial charge in [-0.2, -0.15) is 0 Å². The van der Waals surface area contributed by atoms with E-state index in [-0.39, 0.29) is 11.6 Å². The zero-order valence-corrected chi connectivity index (χ0v) is 17.0. The molecule has 0 unspecified atom stereocenters. The molecule has 0 amide bonds. The Morgan fingerprint density at radius 1 is 0.281 bits per heavy atom. The van der Waals surface area contributed by atoms with E-state index in [0.717, 1.165) is 53.9 Å². The summed E-state index contributed by atoms with van der Waals surface area (Å²) in [6.07, 6.45) is 0. The highest BCUT2D eigenvalue weighted by Gasteiger charge is 2.10. The molecule has 0 nitrogen and oxygen atoms in total. The van der Waals surface area contributed by atoms with Crippen LogP contribution < -0.4 is 0 Å². The lowest BCUT2D eigenvalue weighted by atomic mass is 9.92. The minimum Gasteiger partial charge on any atom is -0.207 e. The maximum absolute atomic E-state index is 13.7. The van der Waals surface area contributed by atoms with Gasteiger partial charge in [0, 0.05) is 0 Å². The second-order valence-corrected chi connectivity index (χ2v) is 8.48. The van der Waals surface area contributed by atoms with Crippen molar-refractivity contribution in [2.75, 3.05) is 0 Å². The van der Waals surface area contributed by atoms with Crippen LogP contribution in [-0.2, 0) is 0 Å². The molecule has 0 atom stereocenters. The van der Waals surface area contributed by atoms with Crippen LogP contribution in [0.25, 0.3) is 64.6 Å². The van der Waals surface area contributed by atoms with Crippen molar-refractivity contribution in [2.24, 2.45) is 0 Å². The van der Waals surface area contributed by atoms with Gasteiger partial charge < -0.3 is 0 Å². The Kier molecular flexibility index (Phi) is 3.44. The van der Waals surface area contributed by atoms with E-state index < -0.39 is 0 Å². The second-order valence-electron chi connectivity index (χ2n) is 8.48. The van der Waals surface area contributed by atoms with Crippen LogP contribution in [0.4, 0.5) is 8.78 Å². The van der Waals surface area contributed by atoms with Crippen molar-refractivity contribution < 1.29 is 8.78 Å². The lowest BCUT2D eigenvalue weighted by molar-refractivity contribution is 0.629. The molecule has 0 saturated heterocycles. The summed E-state index contributed by atoms with van der Waals surface area (Å²) in [4.78, 5) is 0. The molecule has 7 aromatic rings. The monoisotopic (exact) mass is 414 g/mol. The highest BCUT2D eigenvalue weighted by Crippen LogP contribution is 2.37. The molecule has 0 fully saturated rings. The smallest absolute Gasteiger partial charge is 0.123 e. The van der Waals surface area contributed by atoms with Crippen LogP contribution in [0.1, 0.15) is 0 Å². The van der Waals surface area contributed by atoms with E-state index in [2.05, 4.69) is 48.5 Å². The molecule has 7 rings (SSSR count). The molecule has 0 aromatic heterocycles. The Hall–Kier alpha value is -4.04. The van der Waals surface area contributed by atoms with Gasteiger partial charge in [-0.3, -0.25) is 0 Å². The fourth-order valence-electron chi connectivity index (χ4n) is 5.20. The molecule has 32 heavy (non-hydrogen) atoms. The minimum atomic E-state index is -0.217. The average molecular weight is 414 g/mol. The number of hydrogen-bond acceptors (Lipinski definition) is 0. The number of halogens is 2. The van der Waals surface area contributed by atoms with Gasteiger partial charge in [-0.05, 0) is 101 Å². The molecule has 150 valence electrons. The highest BCUT2D eigenvalue weighted by atomic mass is 19.1. The van der Waals surface area contributed by atoms with Gasteiger partial charge in [0.2, 0.25) is 0 Å². The van der Waals surface area contributed by atoms with Gasteiger partial charge in [-0.15, -0.1) is 0 Å². The van der Waals surface area contributed by atoms with E-state index in [4.69, 9.17) is 0 Å². The van der Waals surface area contributed by atoms with Crippen molar-refractivity contribution in [3.8, 4) is 0 Å². The topological polar surface area (TPSA) is 0 Å². The zero-order valence-electron chi connectivity index (χ0n) is 17.0. The highest BCUT2D eigenvalue weighted by molar-refractivity contribution is 6.23. The van der Waals surface area contributed by atoms with Gasteiger partial charge in [-0.25, -0.2) is 8.78 Å². The maximum Gasteiger partial charge on any atom is 0.123 e. The van der Waals surface area contributed by atoms with Crippen molar-refractivity contribution in [2.45, 2.75) is 0 Å². The van der Waals surface area contributed by atoms with Crippen molar-refractivity contribution in [3.05, 3.63) is 109 Å². The predicted octanol–water partition coefficient (Wildman–Crippen LogP) is 8.88. The molecule has 0 radical (unpaired) electrons. The van der Waals surface area contributed by atoms with Crippen LogP contribution in [0.2, 0.25) is 0 Å². The van der Waals surface area contributed by atoms with Crippen LogP contribution in [0.5, 0.6) is 0 Å². The molecule has 0 spiro atoms. The van der Waals surface area contributed by atoms with Gasteiger partial charge in [0.05, 0.1) is 0 Å². The first-order chi connectivity index (χ1) is 15.7. The molecule has 0 N–H and O–H groups in total. The zero-order chi connectivity index (χ0) is 21.4. The molecule has 7 aromatic carbocycles. The lowest BCUT2D eigenvalue weighted by Gasteiger charge is -2.12. The fourth-order valence-corrected chi connectivity index (χ4v) is 5.20. The standard InChI is InChI=1S/C30H16F2/c31-21-5-11-23-17(13-21)1-9-27-25(23)7-3-19-16-30-20(15-29(19)27)4-8-26-24-12-6-22(32)14-18(24)2-10-28(26)30/h1-16H. The Bertz CT molecular complexity index is 1760. The van der Waals surface area contributed by atoms with E-state index in [9.17, 15) is 8.78 Å². The SMILES string of the molecule is Fc1ccc2c(ccc3c4cc5ccc6c7ccc(F)cc7ccc6c5cc4ccc23)c1. The predicted molar refractivity (Wildman–Crippen MR) is 131 cm³/mol. The summed E-state index contributed by atoms with van der Waals surface area (Å²) in [5.41, 5.74) is 0. The van der Waals surface area contributed by atoms with E-state index in [1.807, 2.05) is 24.3 Å². The summed E-state index contributed by atoms with van der Waals surface area (Å²) in [7, 11) is 0. The Balaban J connectivity index is 1.58. The van der Waals surface area contributed by atoms with Crippen molar-refractivity contribution in [3.63, 3.8) is 0 Å². The third-order valence-electron chi connectivity index (χ3n) is 6.71. The number of rotatable bonds is 0. The molecular formula is C30H16F2. The minimum absolute atomic E-state index is 0.217. The van der Waals surface area contributed by atoms with E-state index in [0.29, 0.717) is 0 Å².